The smallest absolute Gasteiger partial charge is 0.305 e. The molecule has 0 heterocycles. The van der Waals surface area contributed by atoms with E-state index in [0.717, 1.165) is 0 Å². The highest BCUT2D eigenvalue weighted by atomic mass is 31.2. The molecule has 0 rings (SSSR count). The van der Waals surface area contributed by atoms with Crippen LogP contribution in [0, 0.1) is 5.92 Å². The van der Waals surface area contributed by atoms with Crippen molar-refractivity contribution in [3.05, 3.63) is 0 Å². The Morgan fingerprint density at radius 3 is 2.47 bits per heavy atom. The molecule has 2 unspecified atom stereocenters. The first-order chi connectivity index (χ1) is 7.95. The van der Waals surface area contributed by atoms with E-state index in [1.807, 2.05) is 6.92 Å². The Bertz CT molecular complexity index is 272. The van der Waals surface area contributed by atoms with Crippen LogP contribution in [0.5, 0.6) is 0 Å². The first kappa shape index (κ1) is 16.5. The standard InChI is InChI=1S/C9H20NO6P/c1-3-8(5-14-9(11)4-2)6-15-17(12,13)16-7-10/h8H,3-7,10H2,1-2H3,(H,12,13). The summed E-state index contributed by atoms with van der Waals surface area (Å²) in [6, 6.07) is 0. The molecule has 0 radical (unpaired) electrons. The molecule has 0 aliphatic carbocycles. The molecule has 0 aromatic carbocycles. The average molecular weight is 269 g/mol. The average Bonchev–Trinajstić information content (AvgIpc) is 2.28. The Kier molecular flexibility index (Phi) is 8.37. The lowest BCUT2D eigenvalue weighted by atomic mass is 10.1. The number of phosphoric ester groups is 1. The van der Waals surface area contributed by atoms with Crippen molar-refractivity contribution in [3.8, 4) is 0 Å². The minimum absolute atomic E-state index is 0.0612. The van der Waals surface area contributed by atoms with E-state index in [1.54, 1.807) is 6.92 Å². The molecule has 102 valence electrons. The molecule has 0 aliphatic rings. The van der Waals surface area contributed by atoms with E-state index in [4.69, 9.17) is 4.74 Å². The Labute approximate surface area is 101 Å². The molecule has 0 spiro atoms. The SMILES string of the molecule is CCC(=O)OCC(CC)COP(=O)([O-])OC[NH3+]. The summed E-state index contributed by atoms with van der Waals surface area (Å²) in [5.74, 6) is -0.482. The molecular formula is C9H20NO6P. The van der Waals surface area contributed by atoms with Crippen LogP contribution in [0.4, 0.5) is 0 Å². The van der Waals surface area contributed by atoms with Gasteiger partial charge in [-0.05, 0) is 6.42 Å². The molecule has 3 N–H and O–H groups in total. The largest absolute Gasteiger partial charge is 0.756 e. The number of quaternary nitrogens is 1. The summed E-state index contributed by atoms with van der Waals surface area (Å²) in [6.45, 7) is 3.42. The third-order valence-corrected chi connectivity index (χ3v) is 3.03. The Balaban J connectivity index is 3.97. The molecule has 0 bridgehead atoms. The lowest BCUT2D eigenvalue weighted by Gasteiger charge is -2.23. The van der Waals surface area contributed by atoms with Crippen LogP contribution >= 0.6 is 7.82 Å². The van der Waals surface area contributed by atoms with Gasteiger partial charge in [0.15, 0.2) is 6.73 Å². The zero-order valence-corrected chi connectivity index (χ0v) is 11.1. The van der Waals surface area contributed by atoms with Crippen LogP contribution in [0.25, 0.3) is 0 Å². The molecule has 2 atom stereocenters. The van der Waals surface area contributed by atoms with Crippen LogP contribution < -0.4 is 10.6 Å². The van der Waals surface area contributed by atoms with Crippen molar-refractivity contribution in [2.24, 2.45) is 5.92 Å². The van der Waals surface area contributed by atoms with E-state index in [2.05, 4.69) is 14.8 Å². The van der Waals surface area contributed by atoms with Gasteiger partial charge in [-0.2, -0.15) is 0 Å². The molecule has 0 aromatic heterocycles. The third kappa shape index (κ3) is 8.29. The van der Waals surface area contributed by atoms with Gasteiger partial charge in [0, 0.05) is 12.3 Å². The van der Waals surface area contributed by atoms with Gasteiger partial charge in [-0.3, -0.25) is 13.9 Å². The number of esters is 1. The molecule has 0 aromatic rings. The molecule has 0 saturated heterocycles. The van der Waals surface area contributed by atoms with Gasteiger partial charge in [0.05, 0.1) is 13.2 Å². The molecular weight excluding hydrogens is 249 g/mol. The zero-order valence-electron chi connectivity index (χ0n) is 10.2. The summed E-state index contributed by atoms with van der Waals surface area (Å²) in [5.41, 5.74) is 3.24. The van der Waals surface area contributed by atoms with Gasteiger partial charge >= 0.3 is 5.97 Å². The van der Waals surface area contributed by atoms with Gasteiger partial charge in [-0.15, -0.1) is 0 Å². The first-order valence-corrected chi connectivity index (χ1v) is 6.96. The van der Waals surface area contributed by atoms with Crippen LogP contribution in [0.15, 0.2) is 0 Å². The minimum atomic E-state index is -4.27. The van der Waals surface area contributed by atoms with Gasteiger partial charge in [0.2, 0.25) is 0 Å². The number of rotatable bonds is 9. The number of hydrogen-bond acceptors (Lipinski definition) is 6. The van der Waals surface area contributed by atoms with Crippen molar-refractivity contribution in [2.45, 2.75) is 26.7 Å². The summed E-state index contributed by atoms with van der Waals surface area (Å²) in [4.78, 5) is 22.0. The fourth-order valence-electron chi connectivity index (χ4n) is 0.942. The number of ether oxygens (including phenoxy) is 1. The molecule has 17 heavy (non-hydrogen) atoms. The van der Waals surface area contributed by atoms with Gasteiger partial charge in [-0.25, -0.2) is 0 Å². The number of phosphoric acid groups is 1. The van der Waals surface area contributed by atoms with E-state index in [1.165, 1.54) is 0 Å². The predicted molar refractivity (Wildman–Crippen MR) is 57.4 cm³/mol. The van der Waals surface area contributed by atoms with E-state index >= 15 is 0 Å². The van der Waals surface area contributed by atoms with Gasteiger partial charge in [-0.1, -0.05) is 13.8 Å². The maximum atomic E-state index is 11.1. The Morgan fingerprint density at radius 1 is 1.35 bits per heavy atom. The van der Waals surface area contributed by atoms with Gasteiger partial charge in [0.25, 0.3) is 7.82 Å². The highest BCUT2D eigenvalue weighted by Crippen LogP contribution is 2.37. The van der Waals surface area contributed by atoms with Crippen LogP contribution in [-0.4, -0.2) is 25.9 Å². The molecule has 0 aliphatic heterocycles. The van der Waals surface area contributed by atoms with Crippen LogP contribution in [0.1, 0.15) is 26.7 Å². The maximum Gasteiger partial charge on any atom is 0.305 e. The van der Waals surface area contributed by atoms with Crippen molar-refractivity contribution in [1.29, 1.82) is 0 Å². The van der Waals surface area contributed by atoms with Gasteiger partial charge in [0.1, 0.15) is 0 Å². The molecule has 8 heteroatoms. The van der Waals surface area contributed by atoms with Crippen molar-refractivity contribution in [1.82, 2.24) is 0 Å². The van der Waals surface area contributed by atoms with E-state index in [0.29, 0.717) is 12.8 Å². The summed E-state index contributed by atoms with van der Waals surface area (Å²) >= 11 is 0. The van der Waals surface area contributed by atoms with E-state index in [9.17, 15) is 14.3 Å². The summed E-state index contributed by atoms with van der Waals surface area (Å²) in [5, 5.41) is 0. The summed E-state index contributed by atoms with van der Waals surface area (Å²) in [6.07, 6.45) is 0.934. The minimum Gasteiger partial charge on any atom is -0.756 e. The van der Waals surface area contributed by atoms with Gasteiger partial charge < -0.3 is 19.9 Å². The topological polar surface area (TPSA) is 113 Å². The second kappa shape index (κ2) is 8.60. The highest BCUT2D eigenvalue weighted by Gasteiger charge is 2.15. The second-order valence-electron chi connectivity index (χ2n) is 3.39. The third-order valence-electron chi connectivity index (χ3n) is 2.06. The van der Waals surface area contributed by atoms with Crippen molar-refractivity contribution >= 4 is 13.8 Å². The predicted octanol–water partition coefficient (Wildman–Crippen LogP) is -0.333. The fourth-order valence-corrected chi connectivity index (χ4v) is 1.63. The second-order valence-corrected chi connectivity index (χ2v) is 4.80. The number of hydrogen-bond donors (Lipinski definition) is 1. The van der Waals surface area contributed by atoms with Crippen molar-refractivity contribution in [3.63, 3.8) is 0 Å². The Hall–Kier alpha value is -0.460. The quantitative estimate of drug-likeness (QED) is 0.348. The summed E-state index contributed by atoms with van der Waals surface area (Å²) in [7, 11) is -4.27. The van der Waals surface area contributed by atoms with E-state index < -0.39 is 7.82 Å². The summed E-state index contributed by atoms with van der Waals surface area (Å²) < 4.78 is 25.0. The van der Waals surface area contributed by atoms with Crippen LogP contribution in [0.2, 0.25) is 0 Å². The number of carbonyl (C=O) groups excluding carboxylic acids is 1. The lowest BCUT2D eigenvalue weighted by molar-refractivity contribution is -0.422. The maximum absolute atomic E-state index is 11.1. The molecule has 7 nitrogen and oxygen atoms in total. The van der Waals surface area contributed by atoms with Crippen molar-refractivity contribution < 1.29 is 33.8 Å². The first-order valence-electron chi connectivity index (χ1n) is 5.50. The normalized spacial score (nSPS) is 16.2. The lowest BCUT2D eigenvalue weighted by Crippen LogP contribution is -2.51. The van der Waals surface area contributed by atoms with Crippen LogP contribution in [-0.2, 0) is 23.1 Å². The van der Waals surface area contributed by atoms with Crippen molar-refractivity contribution in [2.75, 3.05) is 19.9 Å². The van der Waals surface area contributed by atoms with E-state index in [-0.39, 0.29) is 31.8 Å². The fraction of sp³-hybridized carbons (Fsp3) is 0.889. The molecule has 0 saturated carbocycles. The monoisotopic (exact) mass is 269 g/mol. The Morgan fingerprint density at radius 2 is 2.00 bits per heavy atom. The highest BCUT2D eigenvalue weighted by molar-refractivity contribution is 7.45. The van der Waals surface area contributed by atoms with Crippen LogP contribution in [0.3, 0.4) is 0 Å². The molecule has 0 amide bonds. The molecule has 0 fully saturated rings. The number of carbonyl (C=O) groups is 1. The zero-order chi connectivity index (χ0) is 13.3.